The van der Waals surface area contributed by atoms with E-state index in [1.54, 1.807) is 0 Å². The minimum atomic E-state index is -0.198. The van der Waals surface area contributed by atoms with Crippen molar-refractivity contribution in [1.29, 1.82) is 0 Å². The zero-order chi connectivity index (χ0) is 18.9. The van der Waals surface area contributed by atoms with Gasteiger partial charge in [0.15, 0.2) is 0 Å². The molecule has 1 fully saturated rings. The number of benzene rings is 2. The van der Waals surface area contributed by atoms with E-state index in [1.165, 1.54) is 17.7 Å². The molecule has 0 spiro atoms. The number of likely N-dealkylation sites (tertiary alicyclic amines) is 1. The molecule has 0 atom stereocenters. The molecule has 3 nitrogen and oxygen atoms in total. The predicted molar refractivity (Wildman–Crippen MR) is 110 cm³/mol. The van der Waals surface area contributed by atoms with Gasteiger partial charge in [-0.15, -0.1) is 0 Å². The van der Waals surface area contributed by atoms with Gasteiger partial charge < -0.3 is 5.32 Å². The summed E-state index contributed by atoms with van der Waals surface area (Å²) in [6.45, 7) is 3.38. The lowest BCUT2D eigenvalue weighted by molar-refractivity contribution is -0.126. The zero-order valence-corrected chi connectivity index (χ0v) is 16.4. The topological polar surface area (TPSA) is 32.3 Å². The van der Waals surface area contributed by atoms with Gasteiger partial charge in [-0.3, -0.25) is 9.69 Å². The molecule has 0 radical (unpaired) electrons. The van der Waals surface area contributed by atoms with Crippen molar-refractivity contribution in [2.24, 2.45) is 5.92 Å². The van der Waals surface area contributed by atoms with Crippen LogP contribution in [0.1, 0.15) is 24.0 Å². The van der Waals surface area contributed by atoms with E-state index < -0.39 is 0 Å². The van der Waals surface area contributed by atoms with Crippen molar-refractivity contribution in [3.63, 3.8) is 0 Å². The summed E-state index contributed by atoms with van der Waals surface area (Å²) in [4.78, 5) is 14.7. The number of nitrogens with one attached hydrogen (secondary N) is 1. The van der Waals surface area contributed by atoms with Gasteiger partial charge in [-0.25, -0.2) is 4.39 Å². The van der Waals surface area contributed by atoms with E-state index in [4.69, 9.17) is 0 Å². The smallest absolute Gasteiger partial charge is 0.223 e. The first-order valence-corrected chi connectivity index (χ1v) is 10.7. The van der Waals surface area contributed by atoms with Gasteiger partial charge in [0.25, 0.3) is 0 Å². The molecule has 1 aliphatic heterocycles. The van der Waals surface area contributed by atoms with Gasteiger partial charge in [0.05, 0.1) is 0 Å². The first-order valence-electron chi connectivity index (χ1n) is 9.57. The number of carbonyl (C=O) groups is 1. The lowest BCUT2D eigenvalue weighted by Crippen LogP contribution is -2.40. The Morgan fingerprint density at radius 3 is 2.44 bits per heavy atom. The molecule has 0 unspecified atom stereocenters. The summed E-state index contributed by atoms with van der Waals surface area (Å²) in [7, 11) is 0. The predicted octanol–water partition coefficient (Wildman–Crippen LogP) is 4.09. The highest BCUT2D eigenvalue weighted by Crippen LogP contribution is 2.19. The molecule has 1 heterocycles. The maximum atomic E-state index is 13.0. The zero-order valence-electron chi connectivity index (χ0n) is 15.6. The van der Waals surface area contributed by atoms with E-state index in [9.17, 15) is 9.18 Å². The Kier molecular flexibility index (Phi) is 7.72. The van der Waals surface area contributed by atoms with E-state index in [1.807, 2.05) is 30.0 Å². The van der Waals surface area contributed by atoms with Gasteiger partial charge in [-0.2, -0.15) is 11.8 Å². The second-order valence-corrected chi connectivity index (χ2v) is 8.11. The van der Waals surface area contributed by atoms with Crippen LogP contribution < -0.4 is 5.32 Å². The van der Waals surface area contributed by atoms with Crippen molar-refractivity contribution < 1.29 is 9.18 Å². The van der Waals surface area contributed by atoms with Gasteiger partial charge in [-0.1, -0.05) is 42.5 Å². The number of hydrogen-bond acceptors (Lipinski definition) is 3. The van der Waals surface area contributed by atoms with Crippen LogP contribution in [0.4, 0.5) is 4.39 Å². The van der Waals surface area contributed by atoms with Crippen LogP contribution in [0.3, 0.4) is 0 Å². The standard InChI is InChI=1S/C22H27FN2OS/c23-21-8-6-18(7-9-21)16-25-13-10-20(11-14-25)22(26)24-12-15-27-17-19-4-2-1-3-5-19/h1-9,20H,10-17H2,(H,24,26). The van der Waals surface area contributed by atoms with Crippen molar-refractivity contribution in [3.8, 4) is 0 Å². The molecule has 2 aromatic carbocycles. The summed E-state index contributed by atoms with van der Waals surface area (Å²) in [5.74, 6) is 2.03. The summed E-state index contributed by atoms with van der Waals surface area (Å²) in [5, 5.41) is 3.09. The fourth-order valence-corrected chi connectivity index (χ4v) is 4.18. The van der Waals surface area contributed by atoms with E-state index >= 15 is 0 Å². The van der Waals surface area contributed by atoms with Crippen molar-refractivity contribution in [2.75, 3.05) is 25.4 Å². The number of thioether (sulfide) groups is 1. The largest absolute Gasteiger partial charge is 0.355 e. The van der Waals surface area contributed by atoms with E-state index in [-0.39, 0.29) is 17.6 Å². The summed E-state index contributed by atoms with van der Waals surface area (Å²) in [6.07, 6.45) is 1.79. The molecule has 1 aliphatic rings. The summed E-state index contributed by atoms with van der Waals surface area (Å²) in [5.41, 5.74) is 2.44. The fourth-order valence-electron chi connectivity index (χ4n) is 3.36. The van der Waals surface area contributed by atoms with Crippen LogP contribution in [0.15, 0.2) is 54.6 Å². The van der Waals surface area contributed by atoms with Gasteiger partial charge in [0.2, 0.25) is 5.91 Å². The van der Waals surface area contributed by atoms with Gasteiger partial charge in [0, 0.05) is 30.5 Å². The average Bonchev–Trinajstić information content (AvgIpc) is 2.71. The maximum Gasteiger partial charge on any atom is 0.223 e. The molecule has 2 aromatic rings. The number of hydrogen-bond donors (Lipinski definition) is 1. The molecule has 27 heavy (non-hydrogen) atoms. The minimum absolute atomic E-state index is 0.119. The summed E-state index contributed by atoms with van der Waals surface area (Å²) < 4.78 is 13.0. The number of halogens is 1. The quantitative estimate of drug-likeness (QED) is 0.694. The molecular weight excluding hydrogens is 359 g/mol. The van der Waals surface area contributed by atoms with E-state index in [2.05, 4.69) is 34.5 Å². The first kappa shape index (κ1) is 19.9. The van der Waals surface area contributed by atoms with E-state index in [0.717, 1.165) is 56.1 Å². The normalized spacial score (nSPS) is 15.6. The molecule has 0 saturated carbocycles. The summed E-state index contributed by atoms with van der Waals surface area (Å²) in [6, 6.07) is 17.1. The summed E-state index contributed by atoms with van der Waals surface area (Å²) >= 11 is 1.85. The Morgan fingerprint density at radius 1 is 1.04 bits per heavy atom. The van der Waals surface area contributed by atoms with E-state index in [0.29, 0.717) is 0 Å². The molecule has 3 rings (SSSR count). The molecule has 5 heteroatoms. The molecule has 1 N–H and O–H groups in total. The third-order valence-corrected chi connectivity index (χ3v) is 5.97. The SMILES string of the molecule is O=C(NCCSCc1ccccc1)C1CCN(Cc2ccc(F)cc2)CC1. The van der Waals surface area contributed by atoms with Crippen molar-refractivity contribution in [2.45, 2.75) is 25.1 Å². The molecule has 0 aliphatic carbocycles. The highest BCUT2D eigenvalue weighted by Gasteiger charge is 2.24. The van der Waals surface area contributed by atoms with Crippen molar-refractivity contribution in [1.82, 2.24) is 10.2 Å². The van der Waals surface area contributed by atoms with Crippen LogP contribution >= 0.6 is 11.8 Å². The van der Waals surface area contributed by atoms with Gasteiger partial charge in [0.1, 0.15) is 5.82 Å². The number of amides is 1. The highest BCUT2D eigenvalue weighted by atomic mass is 32.2. The lowest BCUT2D eigenvalue weighted by atomic mass is 9.95. The number of piperidine rings is 1. The average molecular weight is 387 g/mol. The maximum absolute atomic E-state index is 13.0. The lowest BCUT2D eigenvalue weighted by Gasteiger charge is -2.31. The van der Waals surface area contributed by atoms with Gasteiger partial charge in [-0.05, 0) is 49.2 Å². The number of rotatable bonds is 8. The van der Waals surface area contributed by atoms with Crippen LogP contribution in [0, 0.1) is 11.7 Å². The van der Waals surface area contributed by atoms with Crippen molar-refractivity contribution in [3.05, 3.63) is 71.5 Å². The first-order chi connectivity index (χ1) is 13.2. The Hall–Kier alpha value is -1.85. The van der Waals surface area contributed by atoms with Crippen LogP contribution in [0.2, 0.25) is 0 Å². The number of carbonyl (C=O) groups excluding carboxylic acids is 1. The third-order valence-electron chi connectivity index (χ3n) is 4.93. The van der Waals surface area contributed by atoms with Crippen molar-refractivity contribution >= 4 is 17.7 Å². The Balaban J connectivity index is 1.29. The fraction of sp³-hybridized carbons (Fsp3) is 0.409. The molecule has 0 aromatic heterocycles. The Labute approximate surface area is 165 Å². The van der Waals surface area contributed by atoms with Gasteiger partial charge >= 0.3 is 0 Å². The molecule has 0 bridgehead atoms. The second kappa shape index (κ2) is 10.5. The number of nitrogens with zero attached hydrogens (tertiary/aromatic N) is 1. The van der Waals surface area contributed by atoms with Crippen LogP contribution in [-0.2, 0) is 17.1 Å². The minimum Gasteiger partial charge on any atom is -0.355 e. The molecular formula is C22H27FN2OS. The molecule has 1 saturated heterocycles. The van der Waals surface area contributed by atoms with Crippen LogP contribution in [0.5, 0.6) is 0 Å². The molecule has 144 valence electrons. The monoisotopic (exact) mass is 386 g/mol. The molecule has 1 amide bonds. The van der Waals surface area contributed by atoms with Crippen LogP contribution in [0.25, 0.3) is 0 Å². The second-order valence-electron chi connectivity index (χ2n) is 7.01. The van der Waals surface area contributed by atoms with Crippen LogP contribution in [-0.4, -0.2) is 36.2 Å². The third kappa shape index (κ3) is 6.67. The Bertz CT molecular complexity index is 700. The highest BCUT2D eigenvalue weighted by molar-refractivity contribution is 7.98. The Morgan fingerprint density at radius 2 is 1.74 bits per heavy atom.